The second kappa shape index (κ2) is 6.69. The van der Waals surface area contributed by atoms with Gasteiger partial charge in [0.25, 0.3) is 0 Å². The molecule has 0 amide bonds. The molecule has 0 saturated heterocycles. The molecule has 1 aromatic heterocycles. The van der Waals surface area contributed by atoms with Crippen molar-refractivity contribution in [3.8, 4) is 0 Å². The summed E-state index contributed by atoms with van der Waals surface area (Å²) in [6.45, 7) is 7.55. The third-order valence-corrected chi connectivity index (χ3v) is 4.57. The van der Waals surface area contributed by atoms with Crippen molar-refractivity contribution in [3.63, 3.8) is 0 Å². The van der Waals surface area contributed by atoms with Gasteiger partial charge in [-0.2, -0.15) is 0 Å². The summed E-state index contributed by atoms with van der Waals surface area (Å²) in [6.07, 6.45) is 1.15. The van der Waals surface area contributed by atoms with Gasteiger partial charge in [-0.1, -0.05) is 28.9 Å². The Balaban J connectivity index is 2.36. The van der Waals surface area contributed by atoms with Gasteiger partial charge in [0.05, 0.1) is 6.04 Å². The zero-order chi connectivity index (χ0) is 13.8. The smallest absolute Gasteiger partial charge is 0.0671 e. The molecule has 0 fully saturated rings. The molecule has 0 aliphatic carbocycles. The van der Waals surface area contributed by atoms with Gasteiger partial charge in [0.2, 0.25) is 0 Å². The minimum absolute atomic E-state index is 0.301. The zero-order valence-electron chi connectivity index (χ0n) is 11.7. The van der Waals surface area contributed by atoms with Crippen LogP contribution in [-0.4, -0.2) is 6.54 Å². The summed E-state index contributed by atoms with van der Waals surface area (Å²) in [5.74, 6) is 0. The summed E-state index contributed by atoms with van der Waals surface area (Å²) in [5, 5.41) is 3.66. The summed E-state index contributed by atoms with van der Waals surface area (Å²) in [5.41, 5.74) is 2.63. The van der Waals surface area contributed by atoms with Crippen LogP contribution in [0.2, 0.25) is 0 Å². The van der Waals surface area contributed by atoms with Crippen LogP contribution < -0.4 is 5.32 Å². The van der Waals surface area contributed by atoms with Gasteiger partial charge < -0.3 is 5.32 Å². The van der Waals surface area contributed by atoms with Gasteiger partial charge in [0.15, 0.2) is 0 Å². The Morgan fingerprint density at radius 2 is 2.00 bits per heavy atom. The average molecular weight is 338 g/mol. The van der Waals surface area contributed by atoms with E-state index < -0.39 is 0 Å². The van der Waals surface area contributed by atoms with E-state index in [9.17, 15) is 0 Å². The van der Waals surface area contributed by atoms with Gasteiger partial charge in [-0.3, -0.25) is 0 Å². The Kier molecular flexibility index (Phi) is 5.20. The van der Waals surface area contributed by atoms with Crippen molar-refractivity contribution >= 4 is 27.3 Å². The lowest BCUT2D eigenvalue weighted by Gasteiger charge is -2.18. The van der Waals surface area contributed by atoms with E-state index in [1.54, 1.807) is 0 Å². The predicted molar refractivity (Wildman–Crippen MR) is 88.1 cm³/mol. The number of benzene rings is 1. The van der Waals surface area contributed by atoms with Gasteiger partial charge in [-0.05, 0) is 62.2 Å². The van der Waals surface area contributed by atoms with E-state index in [0.717, 1.165) is 17.4 Å². The fourth-order valence-electron chi connectivity index (χ4n) is 2.21. The van der Waals surface area contributed by atoms with Gasteiger partial charge in [-0.15, -0.1) is 11.3 Å². The topological polar surface area (TPSA) is 12.0 Å². The van der Waals surface area contributed by atoms with Crippen molar-refractivity contribution < 1.29 is 0 Å². The molecule has 0 bridgehead atoms. The Morgan fingerprint density at radius 3 is 2.58 bits per heavy atom. The molecule has 1 N–H and O–H groups in total. The van der Waals surface area contributed by atoms with Crippen LogP contribution in [0, 0.1) is 13.8 Å². The quantitative estimate of drug-likeness (QED) is 0.788. The molecule has 2 aromatic rings. The summed E-state index contributed by atoms with van der Waals surface area (Å²) >= 11 is 5.48. The molecule has 1 atom stereocenters. The standard InChI is InChI=1S/C16H20BrNS/c1-4-7-18-16(15-6-5-12(3)19-15)13-8-11(2)9-14(17)10-13/h5-6,8-10,16,18H,4,7H2,1-3H3. The molecule has 0 radical (unpaired) electrons. The maximum Gasteiger partial charge on any atom is 0.0671 e. The van der Waals surface area contributed by atoms with Gasteiger partial charge >= 0.3 is 0 Å². The van der Waals surface area contributed by atoms with E-state index in [2.05, 4.69) is 72.3 Å². The van der Waals surface area contributed by atoms with Crippen molar-refractivity contribution in [3.05, 3.63) is 55.7 Å². The van der Waals surface area contributed by atoms with E-state index in [1.165, 1.54) is 20.9 Å². The van der Waals surface area contributed by atoms with Crippen LogP contribution in [0.3, 0.4) is 0 Å². The molecule has 0 saturated carbocycles. The first kappa shape index (κ1) is 14.8. The molecule has 19 heavy (non-hydrogen) atoms. The maximum atomic E-state index is 3.66. The predicted octanol–water partition coefficient (Wildman–Crippen LogP) is 5.22. The minimum Gasteiger partial charge on any atom is -0.306 e. The molecule has 0 spiro atoms. The molecule has 102 valence electrons. The second-order valence-corrected chi connectivity index (χ2v) is 7.13. The van der Waals surface area contributed by atoms with Gasteiger partial charge in [0.1, 0.15) is 0 Å². The summed E-state index contributed by atoms with van der Waals surface area (Å²) in [7, 11) is 0. The number of nitrogens with one attached hydrogen (secondary N) is 1. The number of hydrogen-bond donors (Lipinski definition) is 1. The normalized spacial score (nSPS) is 12.6. The van der Waals surface area contributed by atoms with Crippen LogP contribution in [-0.2, 0) is 0 Å². The molecular weight excluding hydrogens is 318 g/mol. The number of rotatable bonds is 5. The van der Waals surface area contributed by atoms with Gasteiger partial charge in [-0.25, -0.2) is 0 Å². The third kappa shape index (κ3) is 3.91. The van der Waals surface area contributed by atoms with Gasteiger partial charge in [0, 0.05) is 14.2 Å². The van der Waals surface area contributed by atoms with E-state index in [-0.39, 0.29) is 0 Å². The highest BCUT2D eigenvalue weighted by molar-refractivity contribution is 9.10. The highest BCUT2D eigenvalue weighted by Crippen LogP contribution is 2.30. The second-order valence-electron chi connectivity index (χ2n) is 4.90. The molecule has 1 aromatic carbocycles. The maximum absolute atomic E-state index is 3.66. The first-order valence-electron chi connectivity index (χ1n) is 6.67. The molecule has 1 nitrogen and oxygen atoms in total. The van der Waals surface area contributed by atoms with Crippen LogP contribution in [0.4, 0.5) is 0 Å². The van der Waals surface area contributed by atoms with Crippen molar-refractivity contribution in [1.82, 2.24) is 5.32 Å². The Bertz CT molecular complexity index is 527. The molecule has 0 aliphatic rings. The monoisotopic (exact) mass is 337 g/mol. The summed E-state index contributed by atoms with van der Waals surface area (Å²) < 4.78 is 1.15. The van der Waals surface area contributed by atoms with Crippen molar-refractivity contribution in [2.75, 3.05) is 6.54 Å². The summed E-state index contributed by atoms with van der Waals surface area (Å²) in [4.78, 5) is 2.76. The van der Waals surface area contributed by atoms with E-state index in [4.69, 9.17) is 0 Å². The highest BCUT2D eigenvalue weighted by Gasteiger charge is 2.15. The van der Waals surface area contributed by atoms with Crippen molar-refractivity contribution in [2.24, 2.45) is 0 Å². The fraction of sp³-hybridized carbons (Fsp3) is 0.375. The van der Waals surface area contributed by atoms with Crippen LogP contribution in [0.25, 0.3) is 0 Å². The third-order valence-electron chi connectivity index (χ3n) is 3.04. The lowest BCUT2D eigenvalue weighted by atomic mass is 10.0. The Morgan fingerprint density at radius 1 is 1.21 bits per heavy atom. The Labute approximate surface area is 128 Å². The van der Waals surface area contributed by atoms with Crippen molar-refractivity contribution in [2.45, 2.75) is 33.2 Å². The zero-order valence-corrected chi connectivity index (χ0v) is 14.1. The number of hydrogen-bond acceptors (Lipinski definition) is 2. The number of thiophene rings is 1. The molecule has 3 heteroatoms. The highest BCUT2D eigenvalue weighted by atomic mass is 79.9. The molecular formula is C16H20BrNS. The van der Waals surface area contributed by atoms with E-state index in [1.807, 2.05) is 11.3 Å². The molecule has 0 aliphatic heterocycles. The lowest BCUT2D eigenvalue weighted by Crippen LogP contribution is -2.22. The summed E-state index contributed by atoms with van der Waals surface area (Å²) in [6, 6.07) is 11.4. The minimum atomic E-state index is 0.301. The molecule has 1 heterocycles. The first-order valence-corrected chi connectivity index (χ1v) is 8.28. The van der Waals surface area contributed by atoms with Crippen LogP contribution in [0.15, 0.2) is 34.8 Å². The number of aryl methyl sites for hydroxylation is 2. The van der Waals surface area contributed by atoms with Crippen molar-refractivity contribution in [1.29, 1.82) is 0 Å². The molecule has 1 unspecified atom stereocenters. The average Bonchev–Trinajstić information content (AvgIpc) is 2.75. The molecule has 2 rings (SSSR count). The van der Waals surface area contributed by atoms with E-state index >= 15 is 0 Å². The largest absolute Gasteiger partial charge is 0.306 e. The van der Waals surface area contributed by atoms with Crippen LogP contribution >= 0.6 is 27.3 Å². The van der Waals surface area contributed by atoms with E-state index in [0.29, 0.717) is 6.04 Å². The first-order chi connectivity index (χ1) is 9.10. The number of halogens is 1. The fourth-order valence-corrected chi connectivity index (χ4v) is 3.82. The SMILES string of the molecule is CCCNC(c1cc(C)cc(Br)c1)c1ccc(C)s1. The lowest BCUT2D eigenvalue weighted by molar-refractivity contribution is 0.605. The van der Waals surface area contributed by atoms with Crippen LogP contribution in [0.5, 0.6) is 0 Å². The Hall–Kier alpha value is -0.640. The van der Waals surface area contributed by atoms with Crippen LogP contribution in [0.1, 0.15) is 40.3 Å².